The lowest BCUT2D eigenvalue weighted by atomic mass is 10.1. The number of nitrogens with zero attached hydrogens (tertiary/aromatic N) is 3. The van der Waals surface area contributed by atoms with Crippen LogP contribution in [-0.2, 0) is 24.3 Å². The van der Waals surface area contributed by atoms with Crippen LogP contribution in [0.2, 0.25) is 0 Å². The maximum Gasteiger partial charge on any atom is 0.220 e. The Bertz CT molecular complexity index is 1160. The summed E-state index contributed by atoms with van der Waals surface area (Å²) in [7, 11) is 1.66. The van der Waals surface area contributed by atoms with Crippen LogP contribution in [0.5, 0.6) is 5.75 Å². The smallest absolute Gasteiger partial charge is 0.220 e. The van der Waals surface area contributed by atoms with E-state index in [-0.39, 0.29) is 5.91 Å². The number of ether oxygens (including phenoxy) is 1. The molecular formula is C25H26N4O2. The predicted molar refractivity (Wildman–Crippen MR) is 121 cm³/mol. The highest BCUT2D eigenvalue weighted by Gasteiger charge is 2.14. The molecule has 0 saturated heterocycles. The first-order valence-electron chi connectivity index (χ1n) is 10.4. The third-order valence-corrected chi connectivity index (χ3v) is 5.27. The molecule has 2 heterocycles. The number of carbonyl (C=O) groups is 1. The molecule has 0 spiro atoms. The summed E-state index contributed by atoms with van der Waals surface area (Å²) in [6.07, 6.45) is 2.69. The van der Waals surface area contributed by atoms with Crippen molar-refractivity contribution in [3.63, 3.8) is 0 Å². The Morgan fingerprint density at radius 1 is 1.03 bits per heavy atom. The molecule has 6 nitrogen and oxygen atoms in total. The Labute approximate surface area is 181 Å². The van der Waals surface area contributed by atoms with E-state index >= 15 is 0 Å². The maximum atomic E-state index is 12.4. The maximum absolute atomic E-state index is 12.4. The summed E-state index contributed by atoms with van der Waals surface area (Å²) in [6.45, 7) is 3.22. The number of hydrogen-bond acceptors (Lipinski definition) is 4. The van der Waals surface area contributed by atoms with E-state index in [0.717, 1.165) is 33.9 Å². The molecule has 0 saturated carbocycles. The minimum atomic E-state index is 0.0107. The second-order valence-electron chi connectivity index (χ2n) is 7.57. The van der Waals surface area contributed by atoms with Gasteiger partial charge in [0, 0.05) is 25.6 Å². The molecule has 0 atom stereocenters. The topological polar surface area (TPSA) is 69.0 Å². The van der Waals surface area contributed by atoms with Crippen molar-refractivity contribution in [2.24, 2.45) is 0 Å². The monoisotopic (exact) mass is 414 g/mol. The van der Waals surface area contributed by atoms with Crippen LogP contribution in [0.1, 0.15) is 28.9 Å². The second-order valence-corrected chi connectivity index (χ2v) is 7.57. The molecule has 31 heavy (non-hydrogen) atoms. The van der Waals surface area contributed by atoms with E-state index in [9.17, 15) is 4.79 Å². The molecule has 158 valence electrons. The zero-order valence-electron chi connectivity index (χ0n) is 17.8. The second kappa shape index (κ2) is 9.43. The minimum absolute atomic E-state index is 0.0107. The Balaban J connectivity index is 1.45. The minimum Gasteiger partial charge on any atom is -0.497 e. The molecule has 0 unspecified atom stereocenters. The number of pyridine rings is 1. The average molecular weight is 415 g/mol. The molecule has 4 rings (SSSR count). The number of amides is 1. The number of fused-ring (bicyclic) bond motifs is 1. The van der Waals surface area contributed by atoms with Crippen molar-refractivity contribution in [3.05, 3.63) is 89.4 Å². The van der Waals surface area contributed by atoms with Gasteiger partial charge in [-0.15, -0.1) is 0 Å². The highest BCUT2D eigenvalue weighted by atomic mass is 16.5. The summed E-state index contributed by atoms with van der Waals surface area (Å²) in [4.78, 5) is 21.7. The fourth-order valence-corrected chi connectivity index (χ4v) is 3.50. The van der Waals surface area contributed by atoms with Crippen LogP contribution in [0.3, 0.4) is 0 Å². The standard InChI is InChI=1S/C25H26N4O2/c1-18-5-7-19(8-6-18)16-27-24(30)14-13-23-28-22-4-3-15-26-25(22)29(23)17-20-9-11-21(31-2)12-10-20/h3-12,15H,13-14,16-17H2,1-2H3,(H,27,30). The molecule has 4 aromatic rings. The molecule has 6 heteroatoms. The number of carbonyl (C=O) groups excluding carboxylic acids is 1. The van der Waals surface area contributed by atoms with Gasteiger partial charge in [0.05, 0.1) is 13.7 Å². The molecule has 0 fully saturated rings. The number of rotatable bonds is 8. The number of nitrogens with one attached hydrogen (secondary N) is 1. The SMILES string of the molecule is COc1ccc(Cn2c(CCC(=O)NCc3ccc(C)cc3)nc3cccnc32)cc1. The van der Waals surface area contributed by atoms with Crippen molar-refractivity contribution >= 4 is 17.1 Å². The predicted octanol–water partition coefficient (Wildman–Crippen LogP) is 4.05. The summed E-state index contributed by atoms with van der Waals surface area (Å²) >= 11 is 0. The van der Waals surface area contributed by atoms with Gasteiger partial charge < -0.3 is 14.6 Å². The first kappa shape index (κ1) is 20.6. The third-order valence-electron chi connectivity index (χ3n) is 5.27. The van der Waals surface area contributed by atoms with E-state index in [1.165, 1.54) is 5.56 Å². The largest absolute Gasteiger partial charge is 0.497 e. The van der Waals surface area contributed by atoms with Gasteiger partial charge in [0.2, 0.25) is 5.91 Å². The Morgan fingerprint density at radius 3 is 2.52 bits per heavy atom. The van der Waals surface area contributed by atoms with Gasteiger partial charge in [-0.25, -0.2) is 9.97 Å². The van der Waals surface area contributed by atoms with Crippen LogP contribution >= 0.6 is 0 Å². The summed E-state index contributed by atoms with van der Waals surface area (Å²) in [6, 6.07) is 20.0. The lowest BCUT2D eigenvalue weighted by Gasteiger charge is -2.10. The average Bonchev–Trinajstić information content (AvgIpc) is 3.15. The van der Waals surface area contributed by atoms with Gasteiger partial charge in [-0.05, 0) is 42.3 Å². The highest BCUT2D eigenvalue weighted by molar-refractivity contribution is 5.76. The van der Waals surface area contributed by atoms with Crippen molar-refractivity contribution in [2.45, 2.75) is 32.9 Å². The van der Waals surface area contributed by atoms with E-state index in [1.807, 2.05) is 48.5 Å². The summed E-state index contributed by atoms with van der Waals surface area (Å²) < 4.78 is 7.34. The van der Waals surface area contributed by atoms with Crippen molar-refractivity contribution in [1.82, 2.24) is 19.9 Å². The van der Waals surface area contributed by atoms with E-state index in [1.54, 1.807) is 13.3 Å². The van der Waals surface area contributed by atoms with Crippen LogP contribution in [0.25, 0.3) is 11.2 Å². The molecule has 2 aromatic carbocycles. The van der Waals surface area contributed by atoms with Gasteiger partial charge in [-0.1, -0.05) is 42.0 Å². The quantitative estimate of drug-likeness (QED) is 0.472. The lowest BCUT2D eigenvalue weighted by Crippen LogP contribution is -2.23. The lowest BCUT2D eigenvalue weighted by molar-refractivity contribution is -0.121. The van der Waals surface area contributed by atoms with E-state index in [2.05, 4.69) is 33.9 Å². The van der Waals surface area contributed by atoms with Gasteiger partial charge in [0.25, 0.3) is 0 Å². The summed E-state index contributed by atoms with van der Waals surface area (Å²) in [5.41, 5.74) is 5.09. The van der Waals surface area contributed by atoms with E-state index in [4.69, 9.17) is 9.72 Å². The Morgan fingerprint density at radius 2 is 1.77 bits per heavy atom. The molecule has 0 aliphatic carbocycles. The summed E-state index contributed by atoms with van der Waals surface area (Å²) in [5, 5.41) is 3.00. The fourth-order valence-electron chi connectivity index (χ4n) is 3.50. The van der Waals surface area contributed by atoms with Gasteiger partial charge >= 0.3 is 0 Å². The first-order valence-corrected chi connectivity index (χ1v) is 10.4. The number of imidazole rings is 1. The summed E-state index contributed by atoms with van der Waals surface area (Å²) in [5.74, 6) is 1.69. The molecule has 0 bridgehead atoms. The number of hydrogen-bond donors (Lipinski definition) is 1. The molecule has 0 radical (unpaired) electrons. The van der Waals surface area contributed by atoms with Crippen molar-refractivity contribution < 1.29 is 9.53 Å². The number of aromatic nitrogens is 3. The van der Waals surface area contributed by atoms with E-state index < -0.39 is 0 Å². The normalized spacial score (nSPS) is 10.9. The van der Waals surface area contributed by atoms with Crippen LogP contribution < -0.4 is 10.1 Å². The third kappa shape index (κ3) is 5.09. The van der Waals surface area contributed by atoms with Crippen LogP contribution in [0, 0.1) is 6.92 Å². The molecule has 2 aromatic heterocycles. The van der Waals surface area contributed by atoms with Crippen molar-refractivity contribution in [2.75, 3.05) is 7.11 Å². The number of aryl methyl sites for hydroxylation is 2. The molecular weight excluding hydrogens is 388 g/mol. The number of methoxy groups -OCH3 is 1. The van der Waals surface area contributed by atoms with Gasteiger partial charge in [0.15, 0.2) is 5.65 Å². The van der Waals surface area contributed by atoms with Crippen molar-refractivity contribution in [1.29, 1.82) is 0 Å². The highest BCUT2D eigenvalue weighted by Crippen LogP contribution is 2.19. The van der Waals surface area contributed by atoms with E-state index in [0.29, 0.717) is 25.9 Å². The zero-order chi connectivity index (χ0) is 21.6. The zero-order valence-corrected chi connectivity index (χ0v) is 17.8. The first-order chi connectivity index (χ1) is 15.1. The van der Waals surface area contributed by atoms with Gasteiger partial charge in [-0.3, -0.25) is 4.79 Å². The molecule has 1 amide bonds. The van der Waals surface area contributed by atoms with Crippen LogP contribution in [-0.4, -0.2) is 27.6 Å². The molecule has 0 aliphatic rings. The van der Waals surface area contributed by atoms with Crippen LogP contribution in [0.4, 0.5) is 0 Å². The van der Waals surface area contributed by atoms with Gasteiger partial charge in [-0.2, -0.15) is 0 Å². The Kier molecular flexibility index (Phi) is 6.26. The van der Waals surface area contributed by atoms with Crippen molar-refractivity contribution in [3.8, 4) is 5.75 Å². The van der Waals surface area contributed by atoms with Gasteiger partial charge in [0.1, 0.15) is 17.1 Å². The number of benzene rings is 2. The van der Waals surface area contributed by atoms with Crippen LogP contribution in [0.15, 0.2) is 66.9 Å². The molecule has 1 N–H and O–H groups in total. The Hall–Kier alpha value is -3.67. The molecule has 0 aliphatic heterocycles. The fraction of sp³-hybridized carbons (Fsp3) is 0.240.